The van der Waals surface area contributed by atoms with Crippen molar-refractivity contribution in [3.05, 3.63) is 51.9 Å². The summed E-state index contributed by atoms with van der Waals surface area (Å²) in [7, 11) is 3.16. The Morgan fingerprint density at radius 2 is 2.00 bits per heavy atom. The van der Waals surface area contributed by atoms with E-state index in [4.69, 9.17) is 14.7 Å². The lowest BCUT2D eigenvalue weighted by Gasteiger charge is -2.16. The van der Waals surface area contributed by atoms with Crippen LogP contribution in [0.1, 0.15) is 11.3 Å². The van der Waals surface area contributed by atoms with Crippen LogP contribution in [0, 0.1) is 18.3 Å². The summed E-state index contributed by atoms with van der Waals surface area (Å²) in [5.41, 5.74) is 1.89. The maximum Gasteiger partial charge on any atom is 0.186 e. The number of hydrogen-bond donors (Lipinski definition) is 0. The average Bonchev–Trinajstić information content (AvgIpc) is 2.49. The Morgan fingerprint density at radius 1 is 1.24 bits per heavy atom. The van der Waals surface area contributed by atoms with Gasteiger partial charge in [0.25, 0.3) is 0 Å². The van der Waals surface area contributed by atoms with Gasteiger partial charge in [-0.3, -0.25) is 4.79 Å². The van der Waals surface area contributed by atoms with Crippen molar-refractivity contribution in [3.63, 3.8) is 0 Å². The fourth-order valence-electron chi connectivity index (χ4n) is 2.13. The van der Waals surface area contributed by atoms with Crippen molar-refractivity contribution in [2.75, 3.05) is 14.2 Å². The lowest BCUT2D eigenvalue weighted by Crippen LogP contribution is -2.14. The Balaban J connectivity index is 2.64. The third kappa shape index (κ3) is 2.90. The average molecular weight is 284 g/mol. The smallest absolute Gasteiger partial charge is 0.186 e. The van der Waals surface area contributed by atoms with Crippen LogP contribution in [0.3, 0.4) is 0 Å². The molecule has 0 fully saturated rings. The number of nitriles is 1. The number of aryl methyl sites for hydroxylation is 1. The van der Waals surface area contributed by atoms with Gasteiger partial charge in [0.2, 0.25) is 0 Å². The normalized spacial score (nSPS) is 10.0. The van der Waals surface area contributed by atoms with Gasteiger partial charge in [-0.15, -0.1) is 0 Å². The molecule has 0 aliphatic heterocycles. The lowest BCUT2D eigenvalue weighted by molar-refractivity contribution is 0.393. The molecule has 1 aromatic carbocycles. The summed E-state index contributed by atoms with van der Waals surface area (Å²) in [4.78, 5) is 11.9. The highest BCUT2D eigenvalue weighted by molar-refractivity contribution is 5.52. The van der Waals surface area contributed by atoms with E-state index < -0.39 is 0 Å². The zero-order chi connectivity index (χ0) is 15.4. The van der Waals surface area contributed by atoms with E-state index in [1.165, 1.54) is 6.07 Å². The van der Waals surface area contributed by atoms with E-state index in [1.807, 2.05) is 29.7 Å². The predicted octanol–water partition coefficient (Wildman–Crippen LogP) is 2.23. The Bertz CT molecular complexity index is 757. The lowest BCUT2D eigenvalue weighted by atomic mass is 10.1. The minimum absolute atomic E-state index is 0.0809. The van der Waals surface area contributed by atoms with Crippen LogP contribution in [0.25, 0.3) is 5.69 Å². The molecule has 0 radical (unpaired) electrons. The highest BCUT2D eigenvalue weighted by Crippen LogP contribution is 2.28. The second kappa shape index (κ2) is 6.14. The van der Waals surface area contributed by atoms with Crippen molar-refractivity contribution in [2.24, 2.45) is 0 Å². The van der Waals surface area contributed by atoms with Crippen molar-refractivity contribution in [1.82, 2.24) is 4.57 Å². The van der Waals surface area contributed by atoms with Crippen molar-refractivity contribution >= 4 is 0 Å². The molecule has 0 aliphatic rings. The molecule has 2 rings (SSSR count). The van der Waals surface area contributed by atoms with Crippen LogP contribution in [0.4, 0.5) is 0 Å². The third-order valence-corrected chi connectivity index (χ3v) is 3.24. The summed E-state index contributed by atoms with van der Waals surface area (Å²) in [6.45, 7) is 1.83. The zero-order valence-electron chi connectivity index (χ0n) is 12.2. The Morgan fingerprint density at radius 3 is 2.62 bits per heavy atom. The van der Waals surface area contributed by atoms with Gasteiger partial charge >= 0.3 is 0 Å². The number of ether oxygens (including phenoxy) is 2. The van der Waals surface area contributed by atoms with E-state index >= 15 is 0 Å². The van der Waals surface area contributed by atoms with E-state index in [0.29, 0.717) is 17.1 Å². The molecule has 0 saturated heterocycles. The zero-order valence-corrected chi connectivity index (χ0v) is 12.2. The predicted molar refractivity (Wildman–Crippen MR) is 79.2 cm³/mol. The Kier molecular flexibility index (Phi) is 4.29. The molecule has 5 heteroatoms. The van der Waals surface area contributed by atoms with Gasteiger partial charge in [-0.1, -0.05) is 0 Å². The van der Waals surface area contributed by atoms with Crippen molar-refractivity contribution < 1.29 is 9.47 Å². The summed E-state index contributed by atoms with van der Waals surface area (Å²) in [6.07, 6.45) is 1.77. The third-order valence-electron chi connectivity index (χ3n) is 3.24. The maximum atomic E-state index is 11.9. The van der Waals surface area contributed by atoms with Crippen LogP contribution in [0.2, 0.25) is 0 Å². The first-order valence-corrected chi connectivity index (χ1v) is 6.42. The molecule has 5 nitrogen and oxygen atoms in total. The van der Waals surface area contributed by atoms with Gasteiger partial charge in [0.05, 0.1) is 32.4 Å². The van der Waals surface area contributed by atoms with Crippen molar-refractivity contribution in [2.45, 2.75) is 13.3 Å². The van der Waals surface area contributed by atoms with Gasteiger partial charge in [-0.05, 0) is 19.1 Å². The standard InChI is InChI=1S/C16H16N2O3/c1-11-8-15(19)12(6-7-17)10-18(11)14-5-4-13(20-2)9-16(14)21-3/h4-5,8-10H,6H2,1-3H3. The van der Waals surface area contributed by atoms with Crippen LogP contribution in [-0.2, 0) is 6.42 Å². The van der Waals surface area contributed by atoms with Gasteiger partial charge in [-0.25, -0.2) is 0 Å². The monoisotopic (exact) mass is 284 g/mol. The molecule has 0 spiro atoms. The van der Waals surface area contributed by atoms with E-state index in [1.54, 1.807) is 26.5 Å². The number of hydrogen-bond acceptors (Lipinski definition) is 4. The number of pyridine rings is 1. The van der Waals surface area contributed by atoms with Gasteiger partial charge in [0.1, 0.15) is 11.5 Å². The van der Waals surface area contributed by atoms with Gasteiger partial charge < -0.3 is 14.0 Å². The van der Waals surface area contributed by atoms with Crippen LogP contribution < -0.4 is 14.9 Å². The molecule has 0 saturated carbocycles. The number of nitrogens with zero attached hydrogens (tertiary/aromatic N) is 2. The molecule has 2 aromatic rings. The molecule has 1 heterocycles. The second-order valence-electron chi connectivity index (χ2n) is 4.55. The molecule has 21 heavy (non-hydrogen) atoms. The molecule has 0 unspecified atom stereocenters. The summed E-state index contributed by atoms with van der Waals surface area (Å²) in [5.74, 6) is 1.32. The van der Waals surface area contributed by atoms with E-state index in [9.17, 15) is 4.79 Å². The van der Waals surface area contributed by atoms with E-state index in [2.05, 4.69) is 0 Å². The number of benzene rings is 1. The van der Waals surface area contributed by atoms with Crippen LogP contribution in [-0.4, -0.2) is 18.8 Å². The number of rotatable bonds is 4. The first-order valence-electron chi connectivity index (χ1n) is 6.42. The summed E-state index contributed by atoms with van der Waals surface area (Å²) >= 11 is 0. The minimum Gasteiger partial charge on any atom is -0.497 e. The second-order valence-corrected chi connectivity index (χ2v) is 4.55. The summed E-state index contributed by atoms with van der Waals surface area (Å²) in [6, 6.07) is 8.98. The molecule has 1 aromatic heterocycles. The molecule has 0 N–H and O–H groups in total. The molecular formula is C16H16N2O3. The SMILES string of the molecule is COc1ccc(-n2cc(CC#N)c(=O)cc2C)c(OC)c1. The first kappa shape index (κ1) is 14.7. The van der Waals surface area contributed by atoms with Gasteiger partial charge in [0.15, 0.2) is 5.43 Å². The minimum atomic E-state index is -0.127. The molecule has 0 bridgehead atoms. The van der Waals surface area contributed by atoms with Crippen LogP contribution in [0.15, 0.2) is 35.3 Å². The summed E-state index contributed by atoms with van der Waals surface area (Å²) in [5, 5.41) is 8.80. The van der Waals surface area contributed by atoms with E-state index in [-0.39, 0.29) is 11.8 Å². The van der Waals surface area contributed by atoms with Gasteiger partial charge in [0, 0.05) is 29.6 Å². The molecule has 0 amide bonds. The maximum absolute atomic E-state index is 11.9. The molecule has 108 valence electrons. The number of aromatic nitrogens is 1. The van der Waals surface area contributed by atoms with E-state index in [0.717, 1.165) is 11.4 Å². The molecule has 0 aliphatic carbocycles. The highest BCUT2D eigenvalue weighted by Gasteiger charge is 2.10. The largest absolute Gasteiger partial charge is 0.497 e. The van der Waals surface area contributed by atoms with Crippen molar-refractivity contribution in [1.29, 1.82) is 5.26 Å². The molecular weight excluding hydrogens is 268 g/mol. The van der Waals surface area contributed by atoms with Crippen molar-refractivity contribution in [3.8, 4) is 23.3 Å². The van der Waals surface area contributed by atoms with Crippen LogP contribution >= 0.6 is 0 Å². The number of methoxy groups -OCH3 is 2. The topological polar surface area (TPSA) is 64.2 Å². The summed E-state index contributed by atoms with van der Waals surface area (Å²) < 4.78 is 12.4. The Labute approximate surface area is 123 Å². The fourth-order valence-corrected chi connectivity index (χ4v) is 2.13. The first-order chi connectivity index (χ1) is 10.1. The fraction of sp³-hybridized carbons (Fsp3) is 0.250. The molecule has 0 atom stereocenters. The highest BCUT2D eigenvalue weighted by atomic mass is 16.5. The Hall–Kier alpha value is -2.74. The van der Waals surface area contributed by atoms with Crippen LogP contribution in [0.5, 0.6) is 11.5 Å². The quantitative estimate of drug-likeness (QED) is 0.863. The van der Waals surface area contributed by atoms with Gasteiger partial charge in [-0.2, -0.15) is 5.26 Å².